The Bertz CT molecular complexity index is 1280. The zero-order valence-corrected chi connectivity index (χ0v) is 17.0. The predicted octanol–water partition coefficient (Wildman–Crippen LogP) is 1.32. The van der Waals surface area contributed by atoms with Gasteiger partial charge in [0.15, 0.2) is 0 Å². The highest BCUT2D eigenvalue weighted by molar-refractivity contribution is 6.06. The number of fused-ring (bicyclic) bond motifs is 2. The summed E-state index contributed by atoms with van der Waals surface area (Å²) in [6.07, 6.45) is 1.98. The van der Waals surface area contributed by atoms with Gasteiger partial charge in [-0.05, 0) is 29.7 Å². The van der Waals surface area contributed by atoms with E-state index in [1.54, 1.807) is 18.2 Å². The summed E-state index contributed by atoms with van der Waals surface area (Å²) in [4.78, 5) is 50.6. The van der Waals surface area contributed by atoms with Crippen molar-refractivity contribution in [2.75, 3.05) is 0 Å². The molecule has 160 valence electrons. The molecule has 1 fully saturated rings. The monoisotopic (exact) mass is 429 g/mol. The zero-order valence-electron chi connectivity index (χ0n) is 17.0. The Morgan fingerprint density at radius 3 is 2.84 bits per heavy atom. The molecular weight excluding hydrogens is 410 g/mol. The fraction of sp³-hybridized carbons (Fsp3) is 0.217. The van der Waals surface area contributed by atoms with Crippen molar-refractivity contribution in [1.82, 2.24) is 25.7 Å². The van der Waals surface area contributed by atoms with Crippen LogP contribution in [0.25, 0.3) is 10.9 Å². The number of hydrogen-bond donors (Lipinski definition) is 2. The average molecular weight is 429 g/mol. The molecule has 4 amide bonds. The third-order valence-corrected chi connectivity index (χ3v) is 5.83. The summed E-state index contributed by atoms with van der Waals surface area (Å²) in [6, 6.07) is 12.0. The number of carbonyl (C=O) groups is 4. The first kappa shape index (κ1) is 19.8. The second-order valence-corrected chi connectivity index (χ2v) is 7.85. The van der Waals surface area contributed by atoms with Crippen molar-refractivity contribution in [2.24, 2.45) is 0 Å². The van der Waals surface area contributed by atoms with E-state index in [1.165, 1.54) is 11.1 Å². The second kappa shape index (κ2) is 7.84. The number of benzene rings is 2. The second-order valence-electron chi connectivity index (χ2n) is 7.85. The lowest BCUT2D eigenvalue weighted by Gasteiger charge is -2.29. The number of hydrogen-bond acceptors (Lipinski definition) is 6. The molecule has 2 N–H and O–H groups in total. The molecule has 5 rings (SSSR count). The average Bonchev–Trinajstić information content (AvgIpc) is 3.12. The standard InChI is InChI=1S/C23H19N5O4/c29-20-8-7-19(22(31)26-20)28-12-14-9-13(5-6-15(14)23(28)32)10-24-21(30)17-11-25-27-18-4-2-1-3-16(17)18/h1-6,9,11,19H,7-8,10,12H2,(H,24,30)(H,26,29,31). The van der Waals surface area contributed by atoms with Crippen molar-refractivity contribution in [3.63, 3.8) is 0 Å². The Hall–Kier alpha value is -4.14. The number of rotatable bonds is 4. The topological polar surface area (TPSA) is 121 Å². The van der Waals surface area contributed by atoms with Gasteiger partial charge in [0.05, 0.1) is 17.3 Å². The highest BCUT2D eigenvalue weighted by Crippen LogP contribution is 2.28. The number of amides is 4. The van der Waals surface area contributed by atoms with Gasteiger partial charge in [-0.15, -0.1) is 0 Å². The minimum Gasteiger partial charge on any atom is -0.348 e. The third-order valence-electron chi connectivity index (χ3n) is 5.83. The first-order valence-corrected chi connectivity index (χ1v) is 10.3. The van der Waals surface area contributed by atoms with Crippen LogP contribution in [0.4, 0.5) is 0 Å². The van der Waals surface area contributed by atoms with Crippen molar-refractivity contribution in [1.29, 1.82) is 0 Å². The van der Waals surface area contributed by atoms with E-state index in [-0.39, 0.29) is 30.7 Å². The van der Waals surface area contributed by atoms with Crippen molar-refractivity contribution < 1.29 is 19.2 Å². The van der Waals surface area contributed by atoms with Crippen LogP contribution in [-0.2, 0) is 22.7 Å². The summed E-state index contributed by atoms with van der Waals surface area (Å²) in [7, 11) is 0. The van der Waals surface area contributed by atoms with Crippen molar-refractivity contribution >= 4 is 34.5 Å². The summed E-state index contributed by atoms with van der Waals surface area (Å²) < 4.78 is 0. The van der Waals surface area contributed by atoms with Crippen molar-refractivity contribution in [2.45, 2.75) is 32.0 Å². The van der Waals surface area contributed by atoms with E-state index in [2.05, 4.69) is 20.8 Å². The summed E-state index contributed by atoms with van der Waals surface area (Å²) in [5, 5.41) is 13.8. The molecule has 1 atom stereocenters. The Morgan fingerprint density at radius 2 is 2.00 bits per heavy atom. The SMILES string of the molecule is O=C1CCC(N2Cc3cc(CNC(=O)c4cnnc5ccccc45)ccc3C2=O)C(=O)N1. The van der Waals surface area contributed by atoms with Gasteiger partial charge >= 0.3 is 0 Å². The Kier molecular flexibility index (Phi) is 4.85. The molecule has 0 spiro atoms. The summed E-state index contributed by atoms with van der Waals surface area (Å²) in [6.45, 7) is 0.566. The van der Waals surface area contributed by atoms with E-state index < -0.39 is 11.9 Å². The molecule has 0 radical (unpaired) electrons. The maximum absolute atomic E-state index is 12.8. The number of nitrogens with zero attached hydrogens (tertiary/aromatic N) is 3. The number of piperidine rings is 1. The molecule has 1 aromatic heterocycles. The number of aromatic nitrogens is 2. The van der Waals surface area contributed by atoms with Crippen molar-refractivity contribution in [3.05, 3.63) is 70.9 Å². The van der Waals surface area contributed by atoms with Crippen LogP contribution < -0.4 is 10.6 Å². The van der Waals surface area contributed by atoms with E-state index >= 15 is 0 Å². The Morgan fingerprint density at radius 1 is 1.16 bits per heavy atom. The van der Waals surface area contributed by atoms with Crippen LogP contribution in [0.2, 0.25) is 0 Å². The van der Waals surface area contributed by atoms with E-state index in [9.17, 15) is 19.2 Å². The summed E-state index contributed by atoms with van der Waals surface area (Å²) in [5.74, 6) is -1.24. The molecule has 0 saturated carbocycles. The van der Waals surface area contributed by atoms with Crippen LogP contribution in [0.5, 0.6) is 0 Å². The quantitative estimate of drug-likeness (QED) is 0.604. The molecule has 2 aromatic carbocycles. The van der Waals surface area contributed by atoms with E-state index in [0.717, 1.165) is 16.5 Å². The minimum absolute atomic E-state index is 0.215. The highest BCUT2D eigenvalue weighted by atomic mass is 16.2. The fourth-order valence-corrected chi connectivity index (χ4v) is 4.20. The highest BCUT2D eigenvalue weighted by Gasteiger charge is 2.39. The van der Waals surface area contributed by atoms with E-state index in [4.69, 9.17) is 0 Å². The van der Waals surface area contributed by atoms with Crippen molar-refractivity contribution in [3.8, 4) is 0 Å². The van der Waals surface area contributed by atoms with E-state index in [0.29, 0.717) is 29.6 Å². The van der Waals surface area contributed by atoms with Crippen LogP contribution in [0.15, 0.2) is 48.7 Å². The molecule has 1 unspecified atom stereocenters. The van der Waals surface area contributed by atoms with Gasteiger partial charge in [0.1, 0.15) is 6.04 Å². The first-order valence-electron chi connectivity index (χ1n) is 10.3. The largest absolute Gasteiger partial charge is 0.348 e. The molecule has 32 heavy (non-hydrogen) atoms. The predicted molar refractivity (Wildman–Crippen MR) is 113 cm³/mol. The summed E-state index contributed by atoms with van der Waals surface area (Å²) in [5.41, 5.74) is 3.25. The summed E-state index contributed by atoms with van der Waals surface area (Å²) >= 11 is 0. The van der Waals surface area contributed by atoms with Gasteiger partial charge in [-0.1, -0.05) is 30.3 Å². The molecule has 2 aliphatic rings. The van der Waals surface area contributed by atoms with Gasteiger partial charge in [0.25, 0.3) is 11.8 Å². The van der Waals surface area contributed by atoms with Crippen LogP contribution in [0.3, 0.4) is 0 Å². The third kappa shape index (κ3) is 3.47. The fourth-order valence-electron chi connectivity index (χ4n) is 4.20. The molecule has 9 nitrogen and oxygen atoms in total. The smallest absolute Gasteiger partial charge is 0.255 e. The maximum Gasteiger partial charge on any atom is 0.255 e. The van der Waals surface area contributed by atoms with Gasteiger partial charge in [-0.3, -0.25) is 24.5 Å². The van der Waals surface area contributed by atoms with Crippen LogP contribution in [0.1, 0.15) is 44.7 Å². The van der Waals surface area contributed by atoms with Gasteiger partial charge in [-0.2, -0.15) is 10.2 Å². The maximum atomic E-state index is 12.8. The molecule has 0 aliphatic carbocycles. The van der Waals surface area contributed by atoms with Crippen LogP contribution in [-0.4, -0.2) is 44.8 Å². The molecular formula is C23H19N5O4. The Balaban J connectivity index is 1.30. The number of carbonyl (C=O) groups excluding carboxylic acids is 4. The van der Waals surface area contributed by atoms with Gasteiger partial charge in [0.2, 0.25) is 11.8 Å². The molecule has 2 aliphatic heterocycles. The molecule has 9 heteroatoms. The lowest BCUT2D eigenvalue weighted by atomic mass is 10.0. The number of imide groups is 1. The lowest BCUT2D eigenvalue weighted by Crippen LogP contribution is -2.52. The normalized spacial score (nSPS) is 17.9. The lowest BCUT2D eigenvalue weighted by molar-refractivity contribution is -0.136. The van der Waals surface area contributed by atoms with Gasteiger partial charge in [0, 0.05) is 30.5 Å². The zero-order chi connectivity index (χ0) is 22.2. The first-order chi connectivity index (χ1) is 15.5. The van der Waals surface area contributed by atoms with Crippen LogP contribution in [0, 0.1) is 0 Å². The molecule has 3 heterocycles. The minimum atomic E-state index is -0.650. The van der Waals surface area contributed by atoms with Gasteiger partial charge in [-0.25, -0.2) is 0 Å². The number of nitrogens with one attached hydrogen (secondary N) is 2. The van der Waals surface area contributed by atoms with E-state index in [1.807, 2.05) is 24.3 Å². The van der Waals surface area contributed by atoms with Crippen LogP contribution >= 0.6 is 0 Å². The molecule has 3 aromatic rings. The molecule has 0 bridgehead atoms. The van der Waals surface area contributed by atoms with Gasteiger partial charge < -0.3 is 10.2 Å². The Labute approximate surface area is 182 Å². The molecule has 1 saturated heterocycles.